The molecular weight excluding hydrogens is 272 g/mol. The first kappa shape index (κ1) is 16.6. The van der Waals surface area contributed by atoms with Gasteiger partial charge in [0, 0.05) is 6.54 Å². The molecule has 0 spiro atoms. The van der Waals surface area contributed by atoms with E-state index in [1.165, 1.54) is 26.2 Å². The molecule has 0 bridgehead atoms. The molecule has 1 amide bonds. The Kier molecular flexibility index (Phi) is 6.34. The number of benzene rings is 1. The highest BCUT2D eigenvalue weighted by Crippen LogP contribution is 2.40. The minimum Gasteiger partial charge on any atom is -0.493 e. The van der Waals surface area contributed by atoms with Gasteiger partial charge in [0.1, 0.15) is 6.54 Å². The number of amides is 1. The van der Waals surface area contributed by atoms with Gasteiger partial charge in [0.2, 0.25) is 5.75 Å². The topological polar surface area (TPSA) is 71.8 Å². The molecule has 0 saturated carbocycles. The van der Waals surface area contributed by atoms with Crippen LogP contribution in [0.1, 0.15) is 23.7 Å². The summed E-state index contributed by atoms with van der Waals surface area (Å²) in [6, 6.07) is 5.26. The third kappa shape index (κ3) is 3.57. The van der Waals surface area contributed by atoms with Crippen molar-refractivity contribution in [2.24, 2.45) is 0 Å². The number of methoxy groups -OCH3 is 3. The van der Waals surface area contributed by atoms with Crippen molar-refractivity contribution < 1.29 is 19.0 Å². The van der Waals surface area contributed by atoms with Crippen LogP contribution in [0.2, 0.25) is 0 Å². The predicted octanol–water partition coefficient (Wildman–Crippen LogP) is 2.09. The molecule has 0 fully saturated rings. The smallest absolute Gasteiger partial charge is 0.258 e. The van der Waals surface area contributed by atoms with Gasteiger partial charge in [-0.3, -0.25) is 4.79 Å². The molecular formula is C15H20N2O4. The van der Waals surface area contributed by atoms with Crippen LogP contribution in [-0.2, 0) is 0 Å². The summed E-state index contributed by atoms with van der Waals surface area (Å²) in [6.45, 7) is 2.48. The average molecular weight is 292 g/mol. The Bertz CT molecular complexity index is 537. The quantitative estimate of drug-likeness (QED) is 0.720. The van der Waals surface area contributed by atoms with Gasteiger partial charge in [-0.25, -0.2) is 0 Å². The fraction of sp³-hybridized carbons (Fsp3) is 0.467. The summed E-state index contributed by atoms with van der Waals surface area (Å²) in [5.74, 6) is 0.879. The molecule has 1 rings (SSSR count). The second-order valence-electron chi connectivity index (χ2n) is 4.27. The van der Waals surface area contributed by atoms with E-state index >= 15 is 0 Å². The first-order valence-electron chi connectivity index (χ1n) is 6.59. The van der Waals surface area contributed by atoms with E-state index in [-0.39, 0.29) is 12.5 Å². The fourth-order valence-corrected chi connectivity index (χ4v) is 2.05. The Morgan fingerprint density at radius 1 is 1.19 bits per heavy atom. The Labute approximate surface area is 124 Å². The zero-order chi connectivity index (χ0) is 15.8. The number of carbonyl (C=O) groups excluding carboxylic acids is 1. The van der Waals surface area contributed by atoms with Crippen LogP contribution in [0.25, 0.3) is 0 Å². The van der Waals surface area contributed by atoms with Gasteiger partial charge in [-0.05, 0) is 18.6 Å². The maximum atomic E-state index is 12.6. The van der Waals surface area contributed by atoms with Crippen LogP contribution in [-0.4, -0.2) is 45.2 Å². The van der Waals surface area contributed by atoms with Crippen molar-refractivity contribution in [2.75, 3.05) is 34.4 Å². The molecule has 0 aliphatic carbocycles. The van der Waals surface area contributed by atoms with Crippen molar-refractivity contribution in [3.05, 3.63) is 17.7 Å². The third-order valence-electron chi connectivity index (χ3n) is 2.98. The van der Waals surface area contributed by atoms with Crippen LogP contribution in [0.15, 0.2) is 12.1 Å². The number of carbonyl (C=O) groups is 1. The monoisotopic (exact) mass is 292 g/mol. The molecule has 0 heterocycles. The molecule has 114 valence electrons. The summed E-state index contributed by atoms with van der Waals surface area (Å²) < 4.78 is 15.8. The van der Waals surface area contributed by atoms with Crippen molar-refractivity contribution in [1.29, 1.82) is 5.26 Å². The lowest BCUT2D eigenvalue weighted by atomic mass is 10.1. The Morgan fingerprint density at radius 2 is 1.86 bits per heavy atom. The van der Waals surface area contributed by atoms with Crippen LogP contribution in [0.4, 0.5) is 0 Å². The van der Waals surface area contributed by atoms with Crippen molar-refractivity contribution in [2.45, 2.75) is 13.3 Å². The van der Waals surface area contributed by atoms with Crippen molar-refractivity contribution >= 4 is 5.91 Å². The molecule has 0 aliphatic rings. The van der Waals surface area contributed by atoms with E-state index in [2.05, 4.69) is 0 Å². The maximum absolute atomic E-state index is 12.6. The summed E-state index contributed by atoms with van der Waals surface area (Å²) in [5, 5.41) is 8.85. The molecule has 6 nitrogen and oxygen atoms in total. The van der Waals surface area contributed by atoms with Gasteiger partial charge in [-0.15, -0.1) is 0 Å². The molecule has 1 aromatic rings. The molecule has 0 atom stereocenters. The molecule has 6 heteroatoms. The van der Waals surface area contributed by atoms with Crippen molar-refractivity contribution in [3.63, 3.8) is 0 Å². The largest absolute Gasteiger partial charge is 0.493 e. The Hall–Kier alpha value is -2.42. The van der Waals surface area contributed by atoms with E-state index in [0.717, 1.165) is 6.42 Å². The van der Waals surface area contributed by atoms with E-state index in [4.69, 9.17) is 19.5 Å². The number of rotatable bonds is 7. The SMILES string of the molecule is CCCN(CC#N)C(=O)c1ccc(OC)c(OC)c1OC. The highest BCUT2D eigenvalue weighted by atomic mass is 16.5. The number of hydrogen-bond acceptors (Lipinski definition) is 5. The van der Waals surface area contributed by atoms with E-state index in [9.17, 15) is 4.79 Å². The van der Waals surface area contributed by atoms with Gasteiger partial charge in [0.15, 0.2) is 11.5 Å². The minimum atomic E-state index is -0.267. The number of hydrogen-bond donors (Lipinski definition) is 0. The van der Waals surface area contributed by atoms with Gasteiger partial charge in [0.05, 0.1) is 33.0 Å². The van der Waals surface area contributed by atoms with Gasteiger partial charge in [-0.1, -0.05) is 6.92 Å². The van der Waals surface area contributed by atoms with Crippen LogP contribution in [0.3, 0.4) is 0 Å². The number of nitrogens with zero attached hydrogens (tertiary/aromatic N) is 2. The number of ether oxygens (including phenoxy) is 3. The first-order valence-corrected chi connectivity index (χ1v) is 6.59. The molecule has 0 aliphatic heterocycles. The highest BCUT2D eigenvalue weighted by Gasteiger charge is 2.24. The van der Waals surface area contributed by atoms with Gasteiger partial charge in [0.25, 0.3) is 5.91 Å². The van der Waals surface area contributed by atoms with Crippen LogP contribution < -0.4 is 14.2 Å². The Balaban J connectivity index is 3.28. The van der Waals surface area contributed by atoms with Crippen molar-refractivity contribution in [1.82, 2.24) is 4.90 Å². The van der Waals surface area contributed by atoms with Gasteiger partial charge < -0.3 is 19.1 Å². The van der Waals surface area contributed by atoms with Crippen LogP contribution in [0.5, 0.6) is 17.2 Å². The summed E-state index contributed by atoms with van der Waals surface area (Å²) in [5.41, 5.74) is 0.346. The van der Waals surface area contributed by atoms with Crippen LogP contribution >= 0.6 is 0 Å². The van der Waals surface area contributed by atoms with Crippen LogP contribution in [0, 0.1) is 11.3 Å². The fourth-order valence-electron chi connectivity index (χ4n) is 2.05. The van der Waals surface area contributed by atoms with E-state index in [0.29, 0.717) is 29.4 Å². The molecule has 0 radical (unpaired) electrons. The molecule has 0 N–H and O–H groups in total. The standard InChI is InChI=1S/C15H20N2O4/c1-5-9-17(10-8-16)15(18)11-6-7-12(19-2)14(21-4)13(11)20-3/h6-7H,5,9-10H2,1-4H3. The summed E-state index contributed by atoms with van der Waals surface area (Å²) >= 11 is 0. The number of nitriles is 1. The molecule has 0 unspecified atom stereocenters. The maximum Gasteiger partial charge on any atom is 0.258 e. The summed E-state index contributed by atoms with van der Waals surface area (Å²) in [7, 11) is 4.45. The lowest BCUT2D eigenvalue weighted by Gasteiger charge is -2.21. The lowest BCUT2D eigenvalue weighted by molar-refractivity contribution is 0.0772. The second-order valence-corrected chi connectivity index (χ2v) is 4.27. The zero-order valence-electron chi connectivity index (χ0n) is 12.8. The van der Waals surface area contributed by atoms with Gasteiger partial charge in [-0.2, -0.15) is 5.26 Å². The Morgan fingerprint density at radius 3 is 2.33 bits per heavy atom. The molecule has 1 aromatic carbocycles. The minimum absolute atomic E-state index is 0.0319. The van der Waals surface area contributed by atoms with E-state index < -0.39 is 0 Å². The predicted molar refractivity (Wildman–Crippen MR) is 77.9 cm³/mol. The molecule has 0 saturated heterocycles. The highest BCUT2D eigenvalue weighted by molar-refractivity contribution is 5.98. The third-order valence-corrected chi connectivity index (χ3v) is 2.98. The second kappa shape index (κ2) is 8.00. The zero-order valence-corrected chi connectivity index (χ0v) is 12.8. The molecule has 21 heavy (non-hydrogen) atoms. The molecule has 0 aromatic heterocycles. The van der Waals surface area contributed by atoms with E-state index in [1.54, 1.807) is 12.1 Å². The van der Waals surface area contributed by atoms with E-state index in [1.807, 2.05) is 13.0 Å². The lowest BCUT2D eigenvalue weighted by Crippen LogP contribution is -2.32. The average Bonchev–Trinajstić information content (AvgIpc) is 2.52. The summed E-state index contributed by atoms with van der Waals surface area (Å²) in [4.78, 5) is 14.0. The van der Waals surface area contributed by atoms with Gasteiger partial charge >= 0.3 is 0 Å². The van der Waals surface area contributed by atoms with Crippen molar-refractivity contribution in [3.8, 4) is 23.3 Å². The summed E-state index contributed by atoms with van der Waals surface area (Å²) in [6.07, 6.45) is 0.767. The normalized spacial score (nSPS) is 9.67. The first-order chi connectivity index (χ1) is 10.1.